The number of aryl methyl sites for hydroxylation is 1. The van der Waals surface area contributed by atoms with Crippen LogP contribution >= 0.6 is 0 Å². The first-order chi connectivity index (χ1) is 20.8. The monoisotopic (exact) mass is 585 g/mol. The van der Waals surface area contributed by atoms with Crippen LogP contribution in [0.2, 0.25) is 0 Å². The van der Waals surface area contributed by atoms with Gasteiger partial charge in [-0.3, -0.25) is 14.3 Å². The molecule has 0 bridgehead atoms. The Balaban J connectivity index is 1.40. The molecule has 1 aromatic carbocycles. The number of nitrogens with zero attached hydrogens (tertiary/aromatic N) is 7. The van der Waals surface area contributed by atoms with Gasteiger partial charge in [0.1, 0.15) is 5.65 Å². The molecule has 5 heterocycles. The van der Waals surface area contributed by atoms with Crippen LogP contribution in [0, 0.1) is 11.8 Å². The summed E-state index contributed by atoms with van der Waals surface area (Å²) in [7, 11) is 1.76. The maximum absolute atomic E-state index is 13.8. The lowest BCUT2D eigenvalue weighted by Crippen LogP contribution is -2.28. The standard InChI is InChI=1S/C30H26F3N9O/c1-41-14-13-36-25(41)9-6-20-15-22-17-38-29(39-23-7-4-19(5-8-23)21-3-2-10-34-16-21)40-27(22)42(28(20)43)18-24-26(30(31,32)33)37-12-11-35-24/h4-5,7-8,11-15,17,21,34H,2-3,10,16,18H2,1H3,(H,38,39,40). The van der Waals surface area contributed by atoms with Gasteiger partial charge in [-0.15, -0.1) is 0 Å². The van der Waals surface area contributed by atoms with Crippen molar-refractivity contribution in [1.29, 1.82) is 0 Å². The SMILES string of the molecule is Cn1ccnc1C#Cc1cc2cnc(Nc3ccc(C4CCCNC4)cc3)nc2n(Cc2nccnc2C(F)(F)F)c1=O. The first-order valence-corrected chi connectivity index (χ1v) is 13.6. The second-order valence-electron chi connectivity index (χ2n) is 10.2. The number of piperidine rings is 1. The summed E-state index contributed by atoms with van der Waals surface area (Å²) in [5.41, 5.74) is -0.114. The van der Waals surface area contributed by atoms with E-state index in [0.717, 1.165) is 48.6 Å². The van der Waals surface area contributed by atoms with E-state index in [-0.39, 0.29) is 17.2 Å². The van der Waals surface area contributed by atoms with E-state index in [9.17, 15) is 18.0 Å². The molecule has 1 atom stereocenters. The lowest BCUT2D eigenvalue weighted by atomic mass is 9.92. The normalized spacial score (nSPS) is 15.2. The summed E-state index contributed by atoms with van der Waals surface area (Å²) < 4.78 is 44.1. The van der Waals surface area contributed by atoms with Gasteiger partial charge in [-0.2, -0.15) is 18.2 Å². The Morgan fingerprint density at radius 1 is 1.07 bits per heavy atom. The predicted octanol–water partition coefficient (Wildman–Crippen LogP) is 3.99. The molecule has 4 aromatic heterocycles. The van der Waals surface area contributed by atoms with E-state index in [4.69, 9.17) is 0 Å². The number of pyridine rings is 1. The van der Waals surface area contributed by atoms with Crippen LogP contribution in [0.3, 0.4) is 0 Å². The highest BCUT2D eigenvalue weighted by Crippen LogP contribution is 2.30. The smallest absolute Gasteiger partial charge is 0.327 e. The highest BCUT2D eigenvalue weighted by atomic mass is 19.4. The Morgan fingerprint density at radius 2 is 1.88 bits per heavy atom. The van der Waals surface area contributed by atoms with Gasteiger partial charge in [-0.05, 0) is 55.0 Å². The van der Waals surface area contributed by atoms with Gasteiger partial charge in [0.2, 0.25) is 5.95 Å². The van der Waals surface area contributed by atoms with E-state index in [1.165, 1.54) is 17.8 Å². The molecule has 2 N–H and O–H groups in total. The summed E-state index contributed by atoms with van der Waals surface area (Å²) in [5, 5.41) is 6.96. The van der Waals surface area contributed by atoms with Crippen molar-refractivity contribution in [2.75, 3.05) is 18.4 Å². The van der Waals surface area contributed by atoms with Crippen LogP contribution in [0.25, 0.3) is 11.0 Å². The highest BCUT2D eigenvalue weighted by Gasteiger charge is 2.36. The van der Waals surface area contributed by atoms with Gasteiger partial charge >= 0.3 is 6.18 Å². The molecule has 1 unspecified atom stereocenters. The Labute approximate surface area is 244 Å². The van der Waals surface area contributed by atoms with Crippen LogP contribution in [-0.4, -0.2) is 47.1 Å². The zero-order chi connectivity index (χ0) is 30.0. The maximum atomic E-state index is 13.8. The fourth-order valence-electron chi connectivity index (χ4n) is 5.04. The minimum atomic E-state index is -4.76. The quantitative estimate of drug-likeness (QED) is 0.298. The van der Waals surface area contributed by atoms with Gasteiger partial charge in [-0.1, -0.05) is 18.1 Å². The van der Waals surface area contributed by atoms with Crippen LogP contribution in [0.15, 0.2) is 66.1 Å². The summed E-state index contributed by atoms with van der Waals surface area (Å²) in [6.07, 6.45) is 4.38. The number of aromatic nitrogens is 7. The number of alkyl halides is 3. The predicted molar refractivity (Wildman–Crippen MR) is 154 cm³/mol. The summed E-state index contributed by atoms with van der Waals surface area (Å²) in [6.45, 7) is 1.44. The molecule has 1 aliphatic heterocycles. The van der Waals surface area contributed by atoms with Crippen molar-refractivity contribution in [1.82, 2.24) is 39.4 Å². The van der Waals surface area contributed by atoms with Gasteiger partial charge in [0, 0.05) is 55.7 Å². The van der Waals surface area contributed by atoms with Crippen molar-refractivity contribution in [3.63, 3.8) is 0 Å². The molecule has 1 aliphatic rings. The molecule has 1 fully saturated rings. The van der Waals surface area contributed by atoms with Gasteiger partial charge in [-0.25, -0.2) is 15.0 Å². The minimum Gasteiger partial charge on any atom is -0.327 e. The van der Waals surface area contributed by atoms with Crippen LogP contribution < -0.4 is 16.2 Å². The van der Waals surface area contributed by atoms with Crippen LogP contribution in [0.5, 0.6) is 0 Å². The molecular weight excluding hydrogens is 559 g/mol. The lowest BCUT2D eigenvalue weighted by Gasteiger charge is -2.23. The summed E-state index contributed by atoms with van der Waals surface area (Å²) in [6, 6.07) is 9.47. The van der Waals surface area contributed by atoms with E-state index in [1.54, 1.807) is 24.0 Å². The number of imidazole rings is 1. The zero-order valence-corrected chi connectivity index (χ0v) is 23.1. The van der Waals surface area contributed by atoms with E-state index >= 15 is 0 Å². The average molecular weight is 586 g/mol. The Hall–Kier alpha value is -5.09. The van der Waals surface area contributed by atoms with Crippen LogP contribution in [-0.2, 0) is 19.8 Å². The molecular formula is C30H26F3N9O. The van der Waals surface area contributed by atoms with Gasteiger partial charge in [0.05, 0.1) is 17.8 Å². The largest absolute Gasteiger partial charge is 0.435 e. The van der Waals surface area contributed by atoms with Crippen LogP contribution in [0.1, 0.15) is 47.1 Å². The summed E-state index contributed by atoms with van der Waals surface area (Å²) >= 11 is 0. The van der Waals surface area contributed by atoms with E-state index in [2.05, 4.69) is 59.5 Å². The first kappa shape index (κ1) is 28.0. The van der Waals surface area contributed by atoms with Gasteiger partial charge in [0.15, 0.2) is 11.5 Å². The van der Waals surface area contributed by atoms with Crippen molar-refractivity contribution in [2.45, 2.75) is 31.5 Å². The van der Waals surface area contributed by atoms with Gasteiger partial charge < -0.3 is 15.2 Å². The molecule has 43 heavy (non-hydrogen) atoms. The number of nitrogens with one attached hydrogen (secondary N) is 2. The molecule has 5 aromatic rings. The number of hydrogen-bond donors (Lipinski definition) is 2. The fourth-order valence-corrected chi connectivity index (χ4v) is 5.04. The maximum Gasteiger partial charge on any atom is 0.435 e. The minimum absolute atomic E-state index is 0.0463. The Morgan fingerprint density at radius 3 is 2.60 bits per heavy atom. The van der Waals surface area contributed by atoms with Crippen molar-refractivity contribution >= 4 is 22.7 Å². The van der Waals surface area contributed by atoms with Crippen LogP contribution in [0.4, 0.5) is 24.8 Å². The molecule has 1 saturated heterocycles. The Bertz CT molecular complexity index is 1900. The van der Waals surface area contributed by atoms with E-state index in [0.29, 0.717) is 17.1 Å². The van der Waals surface area contributed by atoms with Gasteiger partial charge in [0.25, 0.3) is 5.56 Å². The topological polar surface area (TPSA) is 115 Å². The second kappa shape index (κ2) is 11.7. The molecule has 0 saturated carbocycles. The number of fused-ring (bicyclic) bond motifs is 1. The van der Waals surface area contributed by atoms with Crippen molar-refractivity contribution in [3.8, 4) is 11.8 Å². The number of benzene rings is 1. The average Bonchev–Trinajstić information content (AvgIpc) is 3.42. The molecule has 13 heteroatoms. The summed E-state index contributed by atoms with van der Waals surface area (Å²) in [5.74, 6) is 6.69. The molecule has 0 radical (unpaired) electrons. The molecule has 10 nitrogen and oxygen atoms in total. The number of hydrogen-bond acceptors (Lipinski definition) is 8. The highest BCUT2D eigenvalue weighted by molar-refractivity contribution is 5.77. The molecule has 0 spiro atoms. The van der Waals surface area contributed by atoms with Crippen molar-refractivity contribution in [2.24, 2.45) is 7.05 Å². The zero-order valence-electron chi connectivity index (χ0n) is 23.1. The number of rotatable bonds is 5. The third-order valence-corrected chi connectivity index (χ3v) is 7.24. The molecule has 0 amide bonds. The first-order valence-electron chi connectivity index (χ1n) is 13.6. The van der Waals surface area contributed by atoms with E-state index in [1.807, 2.05) is 12.1 Å². The third kappa shape index (κ3) is 6.09. The number of anilines is 2. The van der Waals surface area contributed by atoms with Crippen molar-refractivity contribution in [3.05, 3.63) is 100 Å². The third-order valence-electron chi connectivity index (χ3n) is 7.24. The molecule has 6 rings (SSSR count). The Kier molecular flexibility index (Phi) is 7.60. The van der Waals surface area contributed by atoms with E-state index < -0.39 is 29.7 Å². The molecule has 218 valence electrons. The molecule has 0 aliphatic carbocycles. The second-order valence-corrected chi connectivity index (χ2v) is 10.2. The lowest BCUT2D eigenvalue weighted by molar-refractivity contribution is -0.142. The summed E-state index contributed by atoms with van der Waals surface area (Å²) in [4.78, 5) is 34.1. The number of halogens is 3. The fraction of sp³-hybridized carbons (Fsp3) is 0.267. The van der Waals surface area contributed by atoms with Crippen molar-refractivity contribution < 1.29 is 13.2 Å².